The predicted molar refractivity (Wildman–Crippen MR) is 74.5 cm³/mol. The van der Waals surface area contributed by atoms with E-state index in [9.17, 15) is 13.2 Å². The highest BCUT2D eigenvalue weighted by Gasteiger charge is 2.15. The molecule has 0 radical (unpaired) electrons. The minimum absolute atomic E-state index is 0.0675. The molecule has 108 valence electrons. The van der Waals surface area contributed by atoms with Gasteiger partial charge in [0.25, 0.3) is 5.91 Å². The number of carbonyl (C=O) groups excluding carboxylic acids is 1. The Morgan fingerprint density at radius 3 is 2.45 bits per heavy atom. The molecule has 0 saturated heterocycles. The fourth-order valence-electron chi connectivity index (χ4n) is 1.47. The van der Waals surface area contributed by atoms with Gasteiger partial charge in [0.1, 0.15) is 0 Å². The van der Waals surface area contributed by atoms with Gasteiger partial charge in [0, 0.05) is 32.1 Å². The van der Waals surface area contributed by atoms with E-state index in [-0.39, 0.29) is 23.8 Å². The molecule has 0 aliphatic rings. The second kappa shape index (κ2) is 7.03. The van der Waals surface area contributed by atoms with Crippen LogP contribution in [-0.2, 0) is 10.0 Å². The van der Waals surface area contributed by atoms with Gasteiger partial charge in [-0.1, -0.05) is 0 Å². The Labute approximate surface area is 119 Å². The van der Waals surface area contributed by atoms with Crippen molar-refractivity contribution in [3.8, 4) is 6.07 Å². The lowest BCUT2D eigenvalue weighted by atomic mass is 10.2. The van der Waals surface area contributed by atoms with Crippen molar-refractivity contribution in [1.82, 2.24) is 9.62 Å². The van der Waals surface area contributed by atoms with Gasteiger partial charge in [-0.15, -0.1) is 0 Å². The number of carbonyl (C=O) groups is 1. The first kappa shape index (κ1) is 16.1. The largest absolute Gasteiger partial charge is 0.342 e. The topological polar surface area (TPSA) is 90.3 Å². The molecule has 1 aromatic rings. The minimum atomic E-state index is -3.63. The highest BCUT2D eigenvalue weighted by Crippen LogP contribution is 2.11. The quantitative estimate of drug-likeness (QED) is 0.792. The van der Waals surface area contributed by atoms with Crippen LogP contribution in [0.25, 0.3) is 0 Å². The summed E-state index contributed by atoms with van der Waals surface area (Å²) >= 11 is 0. The molecule has 0 aromatic heterocycles. The zero-order chi connectivity index (χ0) is 15.2. The summed E-state index contributed by atoms with van der Waals surface area (Å²) in [7, 11) is -1.95. The lowest BCUT2D eigenvalue weighted by molar-refractivity contribution is 0.0802. The molecule has 0 unspecified atom stereocenters. The molecule has 1 amide bonds. The summed E-state index contributed by atoms with van der Waals surface area (Å²) < 4.78 is 26.0. The standard InChI is InChI=1S/C13H17N3O3S/c1-3-16(2)13(17)11-5-7-12(8-6-11)20(18,19)15-10-4-9-14/h5-8,15H,3-4,10H2,1-2H3. The van der Waals surface area contributed by atoms with Crippen molar-refractivity contribution < 1.29 is 13.2 Å². The number of hydrogen-bond donors (Lipinski definition) is 1. The van der Waals surface area contributed by atoms with Gasteiger partial charge in [0.15, 0.2) is 0 Å². The van der Waals surface area contributed by atoms with Crippen LogP contribution in [-0.4, -0.2) is 39.4 Å². The third-order valence-electron chi connectivity index (χ3n) is 2.76. The Morgan fingerprint density at radius 1 is 1.35 bits per heavy atom. The molecule has 1 aromatic carbocycles. The fourth-order valence-corrected chi connectivity index (χ4v) is 2.50. The van der Waals surface area contributed by atoms with E-state index in [0.29, 0.717) is 12.1 Å². The second-order valence-electron chi connectivity index (χ2n) is 4.15. The number of hydrogen-bond acceptors (Lipinski definition) is 4. The molecule has 0 fully saturated rings. The first-order chi connectivity index (χ1) is 9.42. The van der Waals surface area contributed by atoms with E-state index >= 15 is 0 Å². The zero-order valence-electron chi connectivity index (χ0n) is 11.5. The number of nitrogens with zero attached hydrogens (tertiary/aromatic N) is 2. The van der Waals surface area contributed by atoms with Gasteiger partial charge < -0.3 is 4.90 Å². The lowest BCUT2D eigenvalue weighted by Gasteiger charge is -2.14. The molecule has 0 spiro atoms. The molecule has 0 heterocycles. The number of amides is 1. The third kappa shape index (κ3) is 4.05. The Balaban J connectivity index is 2.86. The van der Waals surface area contributed by atoms with Crippen LogP contribution in [0.3, 0.4) is 0 Å². The summed E-state index contributed by atoms with van der Waals surface area (Å²) in [6.07, 6.45) is 0.108. The van der Waals surface area contributed by atoms with E-state index < -0.39 is 10.0 Å². The number of sulfonamides is 1. The average molecular weight is 295 g/mol. The van der Waals surface area contributed by atoms with Crippen molar-refractivity contribution in [3.63, 3.8) is 0 Å². The summed E-state index contributed by atoms with van der Waals surface area (Å²) in [5, 5.41) is 8.38. The van der Waals surface area contributed by atoms with Crippen molar-refractivity contribution in [1.29, 1.82) is 5.26 Å². The van der Waals surface area contributed by atoms with E-state index in [1.54, 1.807) is 7.05 Å². The molecular weight excluding hydrogens is 278 g/mol. The van der Waals surface area contributed by atoms with E-state index in [1.165, 1.54) is 29.2 Å². The van der Waals surface area contributed by atoms with Gasteiger partial charge in [-0.05, 0) is 31.2 Å². The van der Waals surface area contributed by atoms with E-state index in [1.807, 2.05) is 13.0 Å². The number of nitriles is 1. The van der Waals surface area contributed by atoms with Crippen LogP contribution >= 0.6 is 0 Å². The second-order valence-corrected chi connectivity index (χ2v) is 5.92. The van der Waals surface area contributed by atoms with Crippen LogP contribution < -0.4 is 4.72 Å². The average Bonchev–Trinajstić information content (AvgIpc) is 2.46. The maximum absolute atomic E-state index is 11.9. The van der Waals surface area contributed by atoms with E-state index in [0.717, 1.165) is 0 Å². The van der Waals surface area contributed by atoms with Crippen molar-refractivity contribution >= 4 is 15.9 Å². The van der Waals surface area contributed by atoms with Crippen molar-refractivity contribution in [2.24, 2.45) is 0 Å². The summed E-state index contributed by atoms with van der Waals surface area (Å²) in [5.74, 6) is -0.158. The van der Waals surface area contributed by atoms with Crippen molar-refractivity contribution in [2.75, 3.05) is 20.1 Å². The van der Waals surface area contributed by atoms with Crippen LogP contribution in [0.15, 0.2) is 29.2 Å². The van der Waals surface area contributed by atoms with E-state index in [4.69, 9.17) is 5.26 Å². The molecule has 1 rings (SSSR count). The Kier molecular flexibility index (Phi) is 5.67. The van der Waals surface area contributed by atoms with Gasteiger partial charge in [-0.2, -0.15) is 5.26 Å². The summed E-state index contributed by atoms with van der Waals surface area (Å²) in [6, 6.07) is 7.58. The van der Waals surface area contributed by atoms with Crippen LogP contribution in [0.2, 0.25) is 0 Å². The normalized spacial score (nSPS) is 10.8. The smallest absolute Gasteiger partial charge is 0.253 e. The first-order valence-electron chi connectivity index (χ1n) is 6.14. The molecule has 1 N–H and O–H groups in total. The molecule has 0 aliphatic carbocycles. The molecule has 0 atom stereocenters. The molecule has 6 nitrogen and oxygen atoms in total. The van der Waals surface area contributed by atoms with Crippen LogP contribution in [0.1, 0.15) is 23.7 Å². The fraction of sp³-hybridized carbons (Fsp3) is 0.385. The number of rotatable bonds is 6. The third-order valence-corrected chi connectivity index (χ3v) is 4.24. The van der Waals surface area contributed by atoms with Gasteiger partial charge in [0.2, 0.25) is 10.0 Å². The highest BCUT2D eigenvalue weighted by atomic mass is 32.2. The maximum Gasteiger partial charge on any atom is 0.253 e. The molecule has 0 bridgehead atoms. The lowest BCUT2D eigenvalue weighted by Crippen LogP contribution is -2.27. The van der Waals surface area contributed by atoms with Crippen molar-refractivity contribution in [2.45, 2.75) is 18.2 Å². The molecule has 7 heteroatoms. The maximum atomic E-state index is 11.9. The SMILES string of the molecule is CCN(C)C(=O)c1ccc(S(=O)(=O)NCCC#N)cc1. The van der Waals surface area contributed by atoms with Crippen LogP contribution in [0.5, 0.6) is 0 Å². The van der Waals surface area contributed by atoms with Gasteiger partial charge >= 0.3 is 0 Å². The van der Waals surface area contributed by atoms with E-state index in [2.05, 4.69) is 4.72 Å². The highest BCUT2D eigenvalue weighted by molar-refractivity contribution is 7.89. The Morgan fingerprint density at radius 2 is 1.95 bits per heavy atom. The van der Waals surface area contributed by atoms with Crippen molar-refractivity contribution in [3.05, 3.63) is 29.8 Å². The van der Waals surface area contributed by atoms with Crippen LogP contribution in [0, 0.1) is 11.3 Å². The minimum Gasteiger partial charge on any atom is -0.342 e. The summed E-state index contributed by atoms with van der Waals surface area (Å²) in [5.41, 5.74) is 0.435. The molecular formula is C13H17N3O3S. The van der Waals surface area contributed by atoms with Crippen LogP contribution in [0.4, 0.5) is 0 Å². The zero-order valence-corrected chi connectivity index (χ0v) is 12.3. The molecule has 20 heavy (non-hydrogen) atoms. The molecule has 0 saturated carbocycles. The molecule has 0 aliphatic heterocycles. The summed E-state index contributed by atoms with van der Waals surface area (Å²) in [6.45, 7) is 2.50. The Bertz CT molecular complexity index is 603. The number of benzene rings is 1. The van der Waals surface area contributed by atoms with Gasteiger partial charge in [0.05, 0.1) is 11.0 Å². The summed E-state index contributed by atoms with van der Waals surface area (Å²) in [4.78, 5) is 13.5. The monoisotopic (exact) mass is 295 g/mol. The van der Waals surface area contributed by atoms with Gasteiger partial charge in [-0.25, -0.2) is 13.1 Å². The first-order valence-corrected chi connectivity index (χ1v) is 7.63. The van der Waals surface area contributed by atoms with Gasteiger partial charge in [-0.3, -0.25) is 4.79 Å². The predicted octanol–water partition coefficient (Wildman–Crippen LogP) is 0.970. The Hall–Kier alpha value is -1.91. The number of nitrogens with one attached hydrogen (secondary N) is 1.